The zero-order valence-corrected chi connectivity index (χ0v) is 26.4. The second-order valence-corrected chi connectivity index (χ2v) is 13.1. The maximum Gasteiger partial charge on any atom is 0.162 e. The van der Waals surface area contributed by atoms with Crippen LogP contribution in [0, 0.1) is 30.6 Å². The summed E-state index contributed by atoms with van der Waals surface area (Å²) in [5.41, 5.74) is 12.6. The number of nitrogens with two attached hydrogens (primary N) is 1. The van der Waals surface area contributed by atoms with Crippen molar-refractivity contribution in [2.24, 2.45) is 11.1 Å². The molecule has 3 aromatic rings. The molecule has 1 aliphatic carbocycles. The highest BCUT2D eigenvalue weighted by atomic mass is 79.9. The van der Waals surface area contributed by atoms with Crippen LogP contribution in [0.3, 0.4) is 0 Å². The fourth-order valence-corrected chi connectivity index (χ4v) is 6.78. The van der Waals surface area contributed by atoms with Gasteiger partial charge in [-0.2, -0.15) is 5.26 Å². The summed E-state index contributed by atoms with van der Waals surface area (Å²) in [5.74, 6) is 0.393. The third kappa shape index (κ3) is 5.51. The number of ketones is 1. The predicted molar refractivity (Wildman–Crippen MR) is 168 cm³/mol. The zero-order chi connectivity index (χ0) is 29.6. The molecule has 0 radical (unpaired) electrons. The first-order chi connectivity index (χ1) is 19.4. The number of Topliss-reactive ketones (excluding diaryl/α,β-unsaturated/α-hetero) is 1. The van der Waals surface area contributed by atoms with Crippen molar-refractivity contribution < 1.29 is 9.53 Å². The van der Waals surface area contributed by atoms with Crippen LogP contribution in [-0.4, -0.2) is 5.78 Å². The molecule has 0 spiro atoms. The molecule has 2 aliphatic rings. The molecule has 41 heavy (non-hydrogen) atoms. The summed E-state index contributed by atoms with van der Waals surface area (Å²) in [6, 6.07) is 19.3. The van der Waals surface area contributed by atoms with Crippen molar-refractivity contribution in [2.45, 2.75) is 53.1 Å². The lowest BCUT2D eigenvalue weighted by Gasteiger charge is -2.44. The van der Waals surface area contributed by atoms with Gasteiger partial charge in [0, 0.05) is 22.7 Å². The average molecular weight is 651 g/mol. The molecule has 1 atom stereocenters. The minimum absolute atomic E-state index is 0.00325. The van der Waals surface area contributed by atoms with Crippen LogP contribution in [0.2, 0.25) is 10.0 Å². The number of carbonyl (C=O) groups excluding carboxylic acids is 1. The molecular weight excluding hydrogens is 621 g/mol. The van der Waals surface area contributed by atoms with Crippen LogP contribution in [0.5, 0.6) is 5.75 Å². The molecule has 1 aliphatic heterocycles. The van der Waals surface area contributed by atoms with Crippen LogP contribution in [0.25, 0.3) is 0 Å². The molecule has 8 heteroatoms. The quantitative estimate of drug-likeness (QED) is 0.298. The first-order valence-electron chi connectivity index (χ1n) is 13.3. The van der Waals surface area contributed by atoms with Crippen LogP contribution >= 0.6 is 39.1 Å². The number of nitrogens with zero attached hydrogens (tertiary/aromatic N) is 2. The molecule has 0 aromatic heterocycles. The van der Waals surface area contributed by atoms with Gasteiger partial charge < -0.3 is 10.5 Å². The summed E-state index contributed by atoms with van der Waals surface area (Å²) in [5, 5.41) is 11.4. The number of para-hydroxylation sites is 1. The van der Waals surface area contributed by atoms with E-state index in [1.807, 2.05) is 38.1 Å². The van der Waals surface area contributed by atoms with E-state index in [1.165, 1.54) is 0 Å². The van der Waals surface area contributed by atoms with Gasteiger partial charge in [-0.05, 0) is 88.6 Å². The topological polar surface area (TPSA) is 79.3 Å². The molecule has 3 aromatic carbocycles. The van der Waals surface area contributed by atoms with E-state index in [4.69, 9.17) is 33.7 Å². The molecule has 2 N–H and O–H groups in total. The Kier molecular flexibility index (Phi) is 8.00. The summed E-state index contributed by atoms with van der Waals surface area (Å²) in [7, 11) is 0. The van der Waals surface area contributed by atoms with Crippen LogP contribution in [0.1, 0.15) is 54.9 Å². The van der Waals surface area contributed by atoms with Crippen molar-refractivity contribution in [1.82, 2.24) is 0 Å². The van der Waals surface area contributed by atoms with Crippen LogP contribution in [0.15, 0.2) is 81.7 Å². The maximum absolute atomic E-state index is 14.0. The van der Waals surface area contributed by atoms with E-state index < -0.39 is 5.92 Å². The SMILES string of the molecule is Cc1cc(COc2ccccc2Br)c(C)c(C2C(C#N)=C(N)N(c3ccc(Cl)cc3Cl)C3=C2C(=O)CC(C)(C)C3)c1. The van der Waals surface area contributed by atoms with Gasteiger partial charge in [-0.15, -0.1) is 0 Å². The maximum atomic E-state index is 14.0. The molecule has 5 rings (SSSR count). The van der Waals surface area contributed by atoms with Gasteiger partial charge in [0.1, 0.15) is 18.2 Å². The second kappa shape index (κ2) is 11.2. The van der Waals surface area contributed by atoms with Gasteiger partial charge in [-0.25, -0.2) is 0 Å². The lowest BCUT2D eigenvalue weighted by Crippen LogP contribution is -2.42. The highest BCUT2D eigenvalue weighted by Crippen LogP contribution is 2.52. The van der Waals surface area contributed by atoms with E-state index in [9.17, 15) is 10.1 Å². The molecule has 210 valence electrons. The third-order valence-corrected chi connectivity index (χ3v) is 8.96. The fourth-order valence-electron chi connectivity index (χ4n) is 5.89. The number of ether oxygens (including phenoxy) is 1. The summed E-state index contributed by atoms with van der Waals surface area (Å²) in [4.78, 5) is 15.8. The first-order valence-corrected chi connectivity index (χ1v) is 14.8. The Morgan fingerprint density at radius 3 is 2.54 bits per heavy atom. The van der Waals surface area contributed by atoms with E-state index >= 15 is 0 Å². The standard InChI is InChI=1S/C33H30BrCl2N3O2/c1-18-11-20(17-41-29-8-6-5-7-24(29)34)19(2)22(12-18)30-23(16-37)32(38)39(26-10-9-21(35)13-25(26)36)27-14-33(3,4)15-28(40)31(27)30/h5-13,30H,14-15,17,38H2,1-4H3. The van der Waals surface area contributed by atoms with E-state index in [2.05, 4.69) is 48.0 Å². The number of anilines is 1. The molecule has 0 bridgehead atoms. The Bertz CT molecular complexity index is 1690. The van der Waals surface area contributed by atoms with Crippen molar-refractivity contribution in [2.75, 3.05) is 4.90 Å². The molecule has 0 saturated carbocycles. The van der Waals surface area contributed by atoms with Gasteiger partial charge in [-0.1, -0.05) is 66.9 Å². The van der Waals surface area contributed by atoms with Crippen molar-refractivity contribution in [1.29, 1.82) is 5.26 Å². The predicted octanol–water partition coefficient (Wildman–Crippen LogP) is 8.89. The molecule has 0 fully saturated rings. The number of benzene rings is 3. The van der Waals surface area contributed by atoms with Crippen molar-refractivity contribution in [3.8, 4) is 11.8 Å². The Balaban J connectivity index is 1.69. The summed E-state index contributed by atoms with van der Waals surface area (Å²) in [6.45, 7) is 8.49. The summed E-state index contributed by atoms with van der Waals surface area (Å²) < 4.78 is 7.03. The van der Waals surface area contributed by atoms with Gasteiger partial charge in [0.05, 0.1) is 32.7 Å². The summed E-state index contributed by atoms with van der Waals surface area (Å²) >= 11 is 16.4. The van der Waals surface area contributed by atoms with Gasteiger partial charge in [-0.3, -0.25) is 9.69 Å². The highest BCUT2D eigenvalue weighted by molar-refractivity contribution is 9.10. The largest absolute Gasteiger partial charge is 0.488 e. The van der Waals surface area contributed by atoms with E-state index in [0.29, 0.717) is 46.3 Å². The first kappa shape index (κ1) is 29.3. The zero-order valence-electron chi connectivity index (χ0n) is 23.3. The molecule has 0 amide bonds. The van der Waals surface area contributed by atoms with E-state index in [0.717, 1.165) is 38.2 Å². The van der Waals surface area contributed by atoms with Crippen molar-refractivity contribution in [3.05, 3.63) is 114 Å². The number of hydrogen-bond donors (Lipinski definition) is 1. The van der Waals surface area contributed by atoms with Crippen molar-refractivity contribution >= 4 is 50.6 Å². The van der Waals surface area contributed by atoms with Crippen LogP contribution < -0.4 is 15.4 Å². The molecule has 5 nitrogen and oxygen atoms in total. The summed E-state index contributed by atoms with van der Waals surface area (Å²) in [6.07, 6.45) is 0.956. The highest BCUT2D eigenvalue weighted by Gasteiger charge is 2.45. The van der Waals surface area contributed by atoms with E-state index in [-0.39, 0.29) is 17.0 Å². The Hall–Kier alpha value is -3.24. The number of rotatable bonds is 5. The molecule has 1 unspecified atom stereocenters. The lowest BCUT2D eigenvalue weighted by molar-refractivity contribution is -0.118. The number of hydrogen-bond acceptors (Lipinski definition) is 5. The van der Waals surface area contributed by atoms with Gasteiger partial charge in [0.25, 0.3) is 0 Å². The number of aryl methyl sites for hydroxylation is 1. The lowest BCUT2D eigenvalue weighted by atomic mass is 9.68. The average Bonchev–Trinajstić information content (AvgIpc) is 2.89. The van der Waals surface area contributed by atoms with Gasteiger partial charge in [0.2, 0.25) is 0 Å². The number of nitriles is 1. The smallest absolute Gasteiger partial charge is 0.162 e. The normalized spacial score (nSPS) is 18.3. The Morgan fingerprint density at radius 1 is 1.12 bits per heavy atom. The van der Waals surface area contributed by atoms with Crippen LogP contribution in [-0.2, 0) is 11.4 Å². The monoisotopic (exact) mass is 649 g/mol. The number of allylic oxidation sites excluding steroid dienone is 3. The van der Waals surface area contributed by atoms with Gasteiger partial charge >= 0.3 is 0 Å². The third-order valence-electron chi connectivity index (χ3n) is 7.76. The Labute approximate surface area is 259 Å². The second-order valence-electron chi connectivity index (χ2n) is 11.4. The van der Waals surface area contributed by atoms with E-state index in [1.54, 1.807) is 23.1 Å². The molecule has 0 saturated heterocycles. The Morgan fingerprint density at radius 2 is 1.85 bits per heavy atom. The fraction of sp³-hybridized carbons (Fsp3) is 0.273. The van der Waals surface area contributed by atoms with Crippen molar-refractivity contribution in [3.63, 3.8) is 0 Å². The number of carbonyl (C=O) groups is 1. The minimum atomic E-state index is -0.608. The molecule has 1 heterocycles. The van der Waals surface area contributed by atoms with Crippen LogP contribution in [0.4, 0.5) is 5.69 Å². The number of halogens is 3. The van der Waals surface area contributed by atoms with Gasteiger partial charge in [0.15, 0.2) is 5.78 Å². The molecular formula is C33H30BrCl2N3O2. The minimum Gasteiger partial charge on any atom is -0.488 e.